The molecule has 1 aromatic carbocycles. The third kappa shape index (κ3) is 6.28. The van der Waals surface area contributed by atoms with Crippen molar-refractivity contribution in [2.75, 3.05) is 20.5 Å². The van der Waals surface area contributed by atoms with Crippen molar-refractivity contribution in [3.8, 4) is 0 Å². The fourth-order valence-electron chi connectivity index (χ4n) is 3.88. The van der Waals surface area contributed by atoms with Gasteiger partial charge in [-0.05, 0) is 43.5 Å². The van der Waals surface area contributed by atoms with Crippen molar-refractivity contribution in [1.29, 1.82) is 0 Å². The van der Waals surface area contributed by atoms with E-state index in [-0.39, 0.29) is 23.9 Å². The molecule has 5 nitrogen and oxygen atoms in total. The number of benzene rings is 1. The van der Waals surface area contributed by atoms with E-state index in [4.69, 9.17) is 18.6 Å². The van der Waals surface area contributed by atoms with Crippen LogP contribution in [-0.4, -0.2) is 40.9 Å². The van der Waals surface area contributed by atoms with Crippen LogP contribution in [0.5, 0.6) is 0 Å². The molecular formula is C25H40O5Si. The Morgan fingerprint density at radius 3 is 2.39 bits per heavy atom. The highest BCUT2D eigenvalue weighted by Crippen LogP contribution is 2.47. The number of ether oxygens (including phenoxy) is 3. The van der Waals surface area contributed by atoms with E-state index in [1.54, 1.807) is 0 Å². The molecule has 1 aromatic rings. The summed E-state index contributed by atoms with van der Waals surface area (Å²) in [5, 5.41) is 0.0786. The highest BCUT2D eigenvalue weighted by molar-refractivity contribution is 6.74. The Morgan fingerprint density at radius 1 is 1.16 bits per heavy atom. The van der Waals surface area contributed by atoms with Gasteiger partial charge in [-0.25, -0.2) is 4.79 Å². The normalized spacial score (nSPS) is 22.5. The van der Waals surface area contributed by atoms with Crippen LogP contribution in [0.15, 0.2) is 41.5 Å². The molecule has 1 aliphatic carbocycles. The lowest BCUT2D eigenvalue weighted by Gasteiger charge is -2.48. The second-order valence-electron chi connectivity index (χ2n) is 10.3. The summed E-state index contributed by atoms with van der Waals surface area (Å²) in [6.45, 7) is 16.3. The first kappa shape index (κ1) is 25.8. The Kier molecular flexibility index (Phi) is 8.67. The molecule has 0 radical (unpaired) electrons. The van der Waals surface area contributed by atoms with Crippen LogP contribution >= 0.6 is 0 Å². The van der Waals surface area contributed by atoms with Gasteiger partial charge >= 0.3 is 5.97 Å². The average Bonchev–Trinajstić information content (AvgIpc) is 2.69. The molecular weight excluding hydrogens is 408 g/mol. The van der Waals surface area contributed by atoms with Crippen molar-refractivity contribution in [3.05, 3.63) is 47.0 Å². The zero-order valence-corrected chi connectivity index (χ0v) is 21.5. The number of methoxy groups -OCH3 is 1. The Morgan fingerprint density at radius 2 is 1.81 bits per heavy atom. The molecule has 0 N–H and O–H groups in total. The largest absolute Gasteiger partial charge is 0.466 e. The van der Waals surface area contributed by atoms with E-state index in [9.17, 15) is 4.79 Å². The molecule has 174 valence electrons. The first-order chi connectivity index (χ1) is 14.4. The maximum atomic E-state index is 12.8. The lowest BCUT2D eigenvalue weighted by atomic mass is 9.69. The van der Waals surface area contributed by atoms with E-state index in [0.717, 1.165) is 24.0 Å². The van der Waals surface area contributed by atoms with Gasteiger partial charge in [0.1, 0.15) is 6.79 Å². The Labute approximate surface area is 189 Å². The van der Waals surface area contributed by atoms with Gasteiger partial charge in [0.05, 0.1) is 26.4 Å². The smallest absolute Gasteiger partial charge is 0.334 e. The van der Waals surface area contributed by atoms with Gasteiger partial charge in [0, 0.05) is 11.0 Å². The van der Waals surface area contributed by atoms with Crippen molar-refractivity contribution in [3.63, 3.8) is 0 Å². The molecule has 31 heavy (non-hydrogen) atoms. The molecule has 0 aromatic heterocycles. The molecule has 2 atom stereocenters. The number of hydrogen-bond acceptors (Lipinski definition) is 5. The van der Waals surface area contributed by atoms with E-state index >= 15 is 0 Å². The quantitative estimate of drug-likeness (QED) is 0.205. The number of carbonyl (C=O) groups is 1. The lowest BCUT2D eigenvalue weighted by molar-refractivity contribution is -0.142. The van der Waals surface area contributed by atoms with E-state index in [2.05, 4.69) is 40.8 Å². The fourth-order valence-corrected chi connectivity index (χ4v) is 5.32. The van der Waals surface area contributed by atoms with E-state index in [1.165, 1.54) is 7.11 Å². The molecule has 0 amide bonds. The Balaban J connectivity index is 2.16. The maximum Gasteiger partial charge on any atom is 0.334 e. The summed E-state index contributed by atoms with van der Waals surface area (Å²) < 4.78 is 23.7. The third-order valence-corrected chi connectivity index (χ3v) is 11.3. The number of carbonyl (C=O) groups excluding carboxylic acids is 1. The number of hydrogen-bond donors (Lipinski definition) is 0. The summed E-state index contributed by atoms with van der Waals surface area (Å²) in [5.74, 6) is -0.294. The first-order valence-corrected chi connectivity index (χ1v) is 14.0. The lowest BCUT2D eigenvalue weighted by Crippen LogP contribution is -2.53. The van der Waals surface area contributed by atoms with Gasteiger partial charge in [-0.3, -0.25) is 0 Å². The minimum atomic E-state index is -2.04. The fraction of sp³-hybridized carbons (Fsp3) is 0.640. The maximum absolute atomic E-state index is 12.8. The van der Waals surface area contributed by atoms with Gasteiger partial charge in [-0.15, -0.1) is 0 Å². The van der Waals surface area contributed by atoms with Gasteiger partial charge in [-0.1, -0.05) is 63.6 Å². The summed E-state index contributed by atoms with van der Waals surface area (Å²) >= 11 is 0. The summed E-state index contributed by atoms with van der Waals surface area (Å²) in [6, 6.07) is 10.00. The predicted octanol–water partition coefficient (Wildman–Crippen LogP) is 5.86. The highest BCUT2D eigenvalue weighted by Gasteiger charge is 2.50. The zero-order valence-electron chi connectivity index (χ0n) is 20.5. The van der Waals surface area contributed by atoms with Crippen LogP contribution in [0, 0.1) is 5.41 Å². The van der Waals surface area contributed by atoms with E-state index < -0.39 is 13.7 Å². The molecule has 0 heterocycles. The summed E-state index contributed by atoms with van der Waals surface area (Å²) in [4.78, 5) is 12.8. The van der Waals surface area contributed by atoms with Crippen LogP contribution in [-0.2, 0) is 30.0 Å². The second kappa shape index (κ2) is 10.4. The SMILES string of the molecule is COC(=O)C1=C(C)CC[C@H](O[Si](C)(C)C(C)(C)C)[C@@]1(C)COCOCc1ccccc1. The van der Waals surface area contributed by atoms with Gasteiger partial charge in [-0.2, -0.15) is 0 Å². The van der Waals surface area contributed by atoms with Gasteiger partial charge in [0.25, 0.3) is 0 Å². The third-order valence-electron chi connectivity index (χ3n) is 6.80. The molecule has 1 aliphatic rings. The number of esters is 1. The number of rotatable bonds is 9. The zero-order chi connectivity index (χ0) is 23.3. The van der Waals surface area contributed by atoms with Gasteiger partial charge < -0.3 is 18.6 Å². The second-order valence-corrected chi connectivity index (χ2v) is 15.0. The molecule has 0 unspecified atom stereocenters. The van der Waals surface area contributed by atoms with Gasteiger partial charge in [0.15, 0.2) is 8.32 Å². The molecule has 0 aliphatic heterocycles. The minimum absolute atomic E-state index is 0.0786. The van der Waals surface area contributed by atoms with Crippen molar-refractivity contribution in [2.45, 2.75) is 78.3 Å². The van der Waals surface area contributed by atoms with Crippen LogP contribution < -0.4 is 0 Å². The summed E-state index contributed by atoms with van der Waals surface area (Å²) in [7, 11) is -0.602. The standard InChI is InChI=1S/C25H40O5Si/c1-19-14-15-21(30-31(7,8)24(2,3)4)25(5,22(19)23(26)27-6)17-29-18-28-16-20-12-10-9-11-13-20/h9-13,21H,14-18H2,1-8H3/t21-,25+/m0/s1. The summed E-state index contributed by atoms with van der Waals surface area (Å²) in [5.41, 5.74) is 2.24. The van der Waals surface area contributed by atoms with Crippen molar-refractivity contribution in [2.24, 2.45) is 5.41 Å². The van der Waals surface area contributed by atoms with E-state index in [1.807, 2.05) is 37.3 Å². The van der Waals surface area contributed by atoms with Gasteiger partial charge in [0.2, 0.25) is 0 Å². The monoisotopic (exact) mass is 448 g/mol. The average molecular weight is 449 g/mol. The van der Waals surface area contributed by atoms with Crippen LogP contribution in [0.4, 0.5) is 0 Å². The number of allylic oxidation sites excluding steroid dienone is 1. The molecule has 0 saturated heterocycles. The van der Waals surface area contributed by atoms with Crippen LogP contribution in [0.2, 0.25) is 18.1 Å². The molecule has 0 bridgehead atoms. The molecule has 0 fully saturated rings. The highest BCUT2D eigenvalue weighted by atomic mass is 28.4. The van der Waals surface area contributed by atoms with Crippen molar-refractivity contribution < 1.29 is 23.4 Å². The topological polar surface area (TPSA) is 54.0 Å². The van der Waals surface area contributed by atoms with Crippen molar-refractivity contribution >= 4 is 14.3 Å². The molecule has 6 heteroatoms. The minimum Gasteiger partial charge on any atom is -0.466 e. The van der Waals surface area contributed by atoms with Crippen LogP contribution in [0.3, 0.4) is 0 Å². The molecule has 0 saturated carbocycles. The summed E-state index contributed by atoms with van der Waals surface area (Å²) in [6.07, 6.45) is 1.58. The van der Waals surface area contributed by atoms with Crippen LogP contribution in [0.25, 0.3) is 0 Å². The van der Waals surface area contributed by atoms with E-state index in [0.29, 0.717) is 18.8 Å². The predicted molar refractivity (Wildman–Crippen MR) is 126 cm³/mol. The van der Waals surface area contributed by atoms with Crippen LogP contribution in [0.1, 0.15) is 53.0 Å². The molecule has 2 rings (SSSR count). The first-order valence-electron chi connectivity index (χ1n) is 11.1. The van der Waals surface area contributed by atoms with Crippen molar-refractivity contribution in [1.82, 2.24) is 0 Å². The Bertz CT molecular complexity index is 766. The Hall–Kier alpha value is -1.47. The molecule has 0 spiro atoms.